The van der Waals surface area contributed by atoms with Crippen LogP contribution < -0.4 is 0 Å². The summed E-state index contributed by atoms with van der Waals surface area (Å²) < 4.78 is 9.46. The van der Waals surface area contributed by atoms with Gasteiger partial charge in [-0.2, -0.15) is 0 Å². The molecule has 0 aromatic carbocycles. The van der Waals surface area contributed by atoms with E-state index in [2.05, 4.69) is 4.74 Å². The van der Waals surface area contributed by atoms with Gasteiger partial charge in [0.25, 0.3) is 0 Å². The second kappa shape index (κ2) is 6.83. The highest BCUT2D eigenvalue weighted by Crippen LogP contribution is 2.10. The molecule has 0 aromatic rings. The number of ether oxygens (including phenoxy) is 2. The number of nitrogens with zero attached hydrogens (tertiary/aromatic N) is 1. The average molecular weight is 261 g/mol. The molecule has 0 heterocycles. The fourth-order valence-corrected chi connectivity index (χ4v) is 1.05. The first-order valence-corrected chi connectivity index (χ1v) is 5.42. The van der Waals surface area contributed by atoms with Gasteiger partial charge < -0.3 is 14.6 Å². The number of amides is 1. The third-order valence-corrected chi connectivity index (χ3v) is 1.79. The number of hydrogen-bond donors (Lipinski definition) is 1. The molecule has 7 nitrogen and oxygen atoms in total. The molecule has 1 amide bonds. The summed E-state index contributed by atoms with van der Waals surface area (Å²) >= 11 is 0. The molecule has 0 aliphatic heterocycles. The highest BCUT2D eigenvalue weighted by molar-refractivity contribution is 5.77. The Morgan fingerprint density at radius 2 is 1.78 bits per heavy atom. The van der Waals surface area contributed by atoms with Crippen LogP contribution >= 0.6 is 0 Å². The van der Waals surface area contributed by atoms with Gasteiger partial charge in [-0.05, 0) is 20.8 Å². The number of carbonyl (C=O) groups excluding carboxylic acids is 2. The molecule has 0 saturated carbocycles. The van der Waals surface area contributed by atoms with Crippen LogP contribution in [-0.4, -0.2) is 53.8 Å². The normalized spacial score (nSPS) is 10.7. The van der Waals surface area contributed by atoms with Gasteiger partial charge in [0.15, 0.2) is 0 Å². The zero-order valence-corrected chi connectivity index (χ0v) is 11.1. The third kappa shape index (κ3) is 7.48. The van der Waals surface area contributed by atoms with Crippen LogP contribution in [0.3, 0.4) is 0 Å². The van der Waals surface area contributed by atoms with Crippen molar-refractivity contribution in [3.8, 4) is 0 Å². The van der Waals surface area contributed by atoms with Crippen LogP contribution in [0.5, 0.6) is 0 Å². The van der Waals surface area contributed by atoms with Crippen molar-refractivity contribution in [2.75, 3.05) is 20.2 Å². The van der Waals surface area contributed by atoms with Gasteiger partial charge in [0.1, 0.15) is 12.1 Å². The Labute approximate surface area is 106 Å². The fraction of sp³-hybridized carbons (Fsp3) is 0.727. The first kappa shape index (κ1) is 16.2. The summed E-state index contributed by atoms with van der Waals surface area (Å²) in [7, 11) is 1.22. The Bertz CT molecular complexity index is 320. The zero-order chi connectivity index (χ0) is 14.3. The van der Waals surface area contributed by atoms with Crippen molar-refractivity contribution in [1.29, 1.82) is 0 Å². The lowest BCUT2D eigenvalue weighted by Gasteiger charge is -2.26. The molecule has 0 spiro atoms. The van der Waals surface area contributed by atoms with Crippen LogP contribution in [0.2, 0.25) is 0 Å². The van der Waals surface area contributed by atoms with Gasteiger partial charge in [-0.15, -0.1) is 0 Å². The van der Waals surface area contributed by atoms with E-state index in [1.54, 1.807) is 20.8 Å². The maximum atomic E-state index is 11.7. The lowest BCUT2D eigenvalue weighted by atomic mass is 10.2. The molecule has 1 N–H and O–H groups in total. The number of carboxylic acids is 1. The quantitative estimate of drug-likeness (QED) is 0.738. The molecular formula is C11H19NO6. The van der Waals surface area contributed by atoms with Crippen LogP contribution in [0, 0.1) is 0 Å². The Hall–Kier alpha value is -1.79. The number of carbonyl (C=O) groups is 3. The monoisotopic (exact) mass is 261 g/mol. The fourth-order valence-electron chi connectivity index (χ4n) is 1.05. The Kier molecular flexibility index (Phi) is 6.15. The van der Waals surface area contributed by atoms with Gasteiger partial charge in [-0.25, -0.2) is 4.79 Å². The van der Waals surface area contributed by atoms with Crippen molar-refractivity contribution < 1.29 is 29.0 Å². The van der Waals surface area contributed by atoms with Gasteiger partial charge in [0.05, 0.1) is 13.5 Å². The molecule has 0 atom stereocenters. The number of rotatable bonds is 5. The first-order chi connectivity index (χ1) is 8.15. The predicted molar refractivity (Wildman–Crippen MR) is 62.1 cm³/mol. The molecule has 0 aliphatic carbocycles. The Balaban J connectivity index is 4.52. The van der Waals surface area contributed by atoms with E-state index in [0.29, 0.717) is 0 Å². The number of esters is 1. The van der Waals surface area contributed by atoms with E-state index in [0.717, 1.165) is 4.90 Å². The predicted octanol–water partition coefficient (Wildman–Crippen LogP) is 0.871. The molecular weight excluding hydrogens is 242 g/mol. The minimum atomic E-state index is -1.18. The highest BCUT2D eigenvalue weighted by Gasteiger charge is 2.24. The van der Waals surface area contributed by atoms with Gasteiger partial charge in [-0.3, -0.25) is 14.5 Å². The summed E-state index contributed by atoms with van der Waals surface area (Å²) in [6, 6.07) is 0. The van der Waals surface area contributed by atoms with Crippen LogP contribution in [0.15, 0.2) is 0 Å². The highest BCUT2D eigenvalue weighted by atomic mass is 16.6. The SMILES string of the molecule is COC(=O)CCN(CC(=O)O)C(=O)OC(C)(C)C. The minimum Gasteiger partial charge on any atom is -0.480 e. The van der Waals surface area contributed by atoms with E-state index < -0.39 is 30.2 Å². The van der Waals surface area contributed by atoms with Gasteiger partial charge in [0, 0.05) is 6.54 Å². The second-order valence-corrected chi connectivity index (χ2v) is 4.62. The Morgan fingerprint density at radius 3 is 2.17 bits per heavy atom. The van der Waals surface area contributed by atoms with Crippen molar-refractivity contribution >= 4 is 18.0 Å². The topological polar surface area (TPSA) is 93.1 Å². The maximum absolute atomic E-state index is 11.7. The molecule has 0 aliphatic rings. The molecule has 0 unspecified atom stereocenters. The van der Waals surface area contributed by atoms with Crippen molar-refractivity contribution in [1.82, 2.24) is 4.90 Å². The van der Waals surface area contributed by atoms with Crippen LogP contribution in [0.25, 0.3) is 0 Å². The van der Waals surface area contributed by atoms with E-state index >= 15 is 0 Å². The first-order valence-electron chi connectivity index (χ1n) is 5.42. The maximum Gasteiger partial charge on any atom is 0.410 e. The van der Waals surface area contributed by atoms with Crippen LogP contribution in [0.4, 0.5) is 4.79 Å². The Morgan fingerprint density at radius 1 is 1.22 bits per heavy atom. The van der Waals surface area contributed by atoms with Crippen LogP contribution in [0.1, 0.15) is 27.2 Å². The lowest BCUT2D eigenvalue weighted by Crippen LogP contribution is -2.41. The second-order valence-electron chi connectivity index (χ2n) is 4.62. The summed E-state index contributed by atoms with van der Waals surface area (Å²) in [6.45, 7) is 4.43. The molecule has 18 heavy (non-hydrogen) atoms. The van der Waals surface area contributed by atoms with E-state index in [-0.39, 0.29) is 13.0 Å². The summed E-state index contributed by atoms with van der Waals surface area (Å²) in [5, 5.41) is 8.69. The lowest BCUT2D eigenvalue weighted by molar-refractivity contribution is -0.142. The molecule has 0 aromatic heterocycles. The summed E-state index contributed by atoms with van der Waals surface area (Å²) in [5.74, 6) is -1.69. The van der Waals surface area contributed by atoms with Crippen LogP contribution in [-0.2, 0) is 19.1 Å². The van der Waals surface area contributed by atoms with Crippen molar-refractivity contribution in [2.45, 2.75) is 32.8 Å². The molecule has 0 rings (SSSR count). The largest absolute Gasteiger partial charge is 0.480 e. The molecule has 0 fully saturated rings. The summed E-state index contributed by atoms with van der Waals surface area (Å²) in [4.78, 5) is 34.2. The summed E-state index contributed by atoms with van der Waals surface area (Å²) in [6.07, 6.45) is -0.850. The van der Waals surface area contributed by atoms with E-state index in [1.807, 2.05) is 0 Å². The smallest absolute Gasteiger partial charge is 0.410 e. The van der Waals surface area contributed by atoms with E-state index in [1.165, 1.54) is 7.11 Å². The number of carboxylic acid groups (broad SMARTS) is 1. The number of hydrogen-bond acceptors (Lipinski definition) is 5. The van der Waals surface area contributed by atoms with E-state index in [9.17, 15) is 14.4 Å². The van der Waals surface area contributed by atoms with Gasteiger partial charge in [0.2, 0.25) is 0 Å². The molecule has 7 heteroatoms. The third-order valence-electron chi connectivity index (χ3n) is 1.79. The summed E-state index contributed by atoms with van der Waals surface area (Å²) in [5.41, 5.74) is -0.723. The minimum absolute atomic E-state index is 0.0616. The number of aliphatic carboxylic acids is 1. The number of methoxy groups -OCH3 is 1. The van der Waals surface area contributed by atoms with Gasteiger partial charge in [-0.1, -0.05) is 0 Å². The van der Waals surface area contributed by atoms with Crippen molar-refractivity contribution in [3.05, 3.63) is 0 Å². The van der Waals surface area contributed by atoms with Crippen molar-refractivity contribution in [3.63, 3.8) is 0 Å². The molecule has 0 saturated heterocycles. The molecule has 0 bridgehead atoms. The zero-order valence-electron chi connectivity index (χ0n) is 11.1. The molecule has 0 radical (unpaired) electrons. The van der Waals surface area contributed by atoms with Crippen molar-refractivity contribution in [2.24, 2.45) is 0 Å². The van der Waals surface area contributed by atoms with Gasteiger partial charge >= 0.3 is 18.0 Å². The average Bonchev–Trinajstić information content (AvgIpc) is 2.20. The molecule has 104 valence electrons. The standard InChI is InChI=1S/C11H19NO6/c1-11(2,3)18-10(16)12(7-8(13)14)6-5-9(15)17-4/h5-7H2,1-4H3,(H,13,14). The van der Waals surface area contributed by atoms with E-state index in [4.69, 9.17) is 9.84 Å².